The quantitative estimate of drug-likeness (QED) is 0.181. The fraction of sp³-hybridized carbons (Fsp3) is 0.892. The molecule has 10 atom stereocenters. The molecule has 43 heavy (non-hydrogen) atoms. The molecule has 0 bridgehead atoms. The highest BCUT2D eigenvalue weighted by molar-refractivity contribution is 5.69. The van der Waals surface area contributed by atoms with Crippen LogP contribution < -0.4 is 0 Å². The summed E-state index contributed by atoms with van der Waals surface area (Å²) in [4.78, 5) is 27.9. The van der Waals surface area contributed by atoms with E-state index in [2.05, 4.69) is 31.4 Å². The molecule has 0 spiro atoms. The van der Waals surface area contributed by atoms with Gasteiger partial charge in [0.15, 0.2) is 6.10 Å². The zero-order valence-electron chi connectivity index (χ0n) is 27.9. The van der Waals surface area contributed by atoms with Gasteiger partial charge in [0.1, 0.15) is 12.1 Å². The first kappa shape index (κ1) is 31.6. The molecule has 0 aromatic rings. The zero-order chi connectivity index (χ0) is 30.4. The monoisotopic (exact) mass is 597 g/mol. The van der Waals surface area contributed by atoms with E-state index in [9.17, 15) is 9.59 Å². The third-order valence-corrected chi connectivity index (χ3v) is 14.2. The maximum atomic E-state index is 13.0. The van der Waals surface area contributed by atoms with E-state index in [1.807, 2.05) is 6.92 Å². The van der Waals surface area contributed by atoms with Crippen LogP contribution in [0.5, 0.6) is 0 Å². The normalized spacial score (nSPS) is 44.4. The molecular formula is C37H61N2O4+. The first-order chi connectivity index (χ1) is 20.6. The fourth-order valence-electron chi connectivity index (χ4n) is 12.2. The summed E-state index contributed by atoms with van der Waals surface area (Å²) in [6.45, 7) is 18.6. The third kappa shape index (κ3) is 5.53. The van der Waals surface area contributed by atoms with Crippen molar-refractivity contribution in [1.82, 2.24) is 4.90 Å². The lowest BCUT2D eigenvalue weighted by Crippen LogP contribution is -2.63. The molecule has 6 heteroatoms. The van der Waals surface area contributed by atoms with E-state index in [0.717, 1.165) is 43.4 Å². The lowest BCUT2D eigenvalue weighted by atomic mass is 9.44. The molecule has 6 rings (SSSR count). The van der Waals surface area contributed by atoms with Crippen molar-refractivity contribution in [3.63, 3.8) is 0 Å². The van der Waals surface area contributed by atoms with E-state index in [4.69, 9.17) is 9.47 Å². The van der Waals surface area contributed by atoms with Crippen molar-refractivity contribution in [3.05, 3.63) is 12.7 Å². The van der Waals surface area contributed by atoms with Gasteiger partial charge in [0.05, 0.1) is 19.6 Å². The largest absolute Gasteiger partial charge is 0.461 e. The van der Waals surface area contributed by atoms with Crippen LogP contribution in [0, 0.1) is 34.5 Å². The number of hydrogen-bond donors (Lipinski definition) is 0. The first-order valence-electron chi connectivity index (χ1n) is 18.2. The van der Waals surface area contributed by atoms with Crippen molar-refractivity contribution in [2.75, 3.05) is 32.7 Å². The lowest BCUT2D eigenvalue weighted by molar-refractivity contribution is -0.952. The van der Waals surface area contributed by atoms with Crippen molar-refractivity contribution in [1.29, 1.82) is 0 Å². The summed E-state index contributed by atoms with van der Waals surface area (Å²) in [6.07, 6.45) is 18.7. The highest BCUT2D eigenvalue weighted by atomic mass is 16.5. The summed E-state index contributed by atoms with van der Waals surface area (Å²) in [7, 11) is 0. The van der Waals surface area contributed by atoms with Gasteiger partial charge in [-0.05, 0) is 119 Å². The minimum Gasteiger partial charge on any atom is -0.461 e. The molecule has 0 amide bonds. The Bertz CT molecular complexity index is 1030. The van der Waals surface area contributed by atoms with Crippen LogP contribution in [0.1, 0.15) is 118 Å². The molecule has 6 aliphatic rings. The zero-order valence-corrected chi connectivity index (χ0v) is 27.9. The maximum absolute atomic E-state index is 13.0. The molecule has 2 heterocycles. The van der Waals surface area contributed by atoms with Gasteiger partial charge in [0.25, 0.3) is 0 Å². The van der Waals surface area contributed by atoms with Gasteiger partial charge in [-0.15, -0.1) is 0 Å². The smallest absolute Gasteiger partial charge is 0.306 e. The van der Waals surface area contributed by atoms with Crippen LogP contribution in [0.2, 0.25) is 0 Å². The van der Waals surface area contributed by atoms with Gasteiger partial charge in [-0.2, -0.15) is 0 Å². The minimum absolute atomic E-state index is 0.00952. The Morgan fingerprint density at radius 3 is 2.33 bits per heavy atom. The molecular weight excluding hydrogens is 536 g/mol. The van der Waals surface area contributed by atoms with E-state index in [0.29, 0.717) is 42.2 Å². The molecule has 0 radical (unpaired) electrons. The predicted molar refractivity (Wildman–Crippen MR) is 170 cm³/mol. The number of esters is 2. The van der Waals surface area contributed by atoms with E-state index >= 15 is 0 Å². The van der Waals surface area contributed by atoms with Gasteiger partial charge in [0.2, 0.25) is 0 Å². The number of nitrogens with zero attached hydrogens (tertiary/aromatic N) is 2. The Balaban J connectivity index is 1.31. The third-order valence-electron chi connectivity index (χ3n) is 14.2. The van der Waals surface area contributed by atoms with Crippen LogP contribution in [0.15, 0.2) is 12.7 Å². The molecule has 4 saturated carbocycles. The number of carbonyl (C=O) groups is 2. The molecule has 0 aromatic heterocycles. The van der Waals surface area contributed by atoms with Crippen molar-refractivity contribution in [2.24, 2.45) is 34.5 Å². The molecule has 6 fully saturated rings. The number of likely N-dealkylation sites (tertiary alicyclic amines) is 2. The molecule has 3 unspecified atom stereocenters. The second-order valence-corrected chi connectivity index (χ2v) is 16.2. The van der Waals surface area contributed by atoms with E-state index < -0.39 is 0 Å². The summed E-state index contributed by atoms with van der Waals surface area (Å²) in [5, 5.41) is 0. The lowest BCUT2D eigenvalue weighted by Gasteiger charge is -2.62. The minimum atomic E-state index is -0.114. The average Bonchev–Trinajstić information content (AvgIpc) is 3.30. The van der Waals surface area contributed by atoms with Crippen LogP contribution in [0.4, 0.5) is 0 Å². The van der Waals surface area contributed by atoms with Crippen LogP contribution in [0.3, 0.4) is 0 Å². The van der Waals surface area contributed by atoms with E-state index in [-0.39, 0.29) is 35.0 Å². The summed E-state index contributed by atoms with van der Waals surface area (Å²) >= 11 is 0. The number of fused-ring (bicyclic) bond motifs is 5. The molecule has 242 valence electrons. The Morgan fingerprint density at radius 1 is 0.930 bits per heavy atom. The summed E-state index contributed by atoms with van der Waals surface area (Å²) in [5.74, 6) is 2.48. The van der Waals surface area contributed by atoms with Crippen LogP contribution in [-0.4, -0.2) is 78.3 Å². The van der Waals surface area contributed by atoms with Crippen molar-refractivity contribution >= 4 is 11.9 Å². The van der Waals surface area contributed by atoms with Crippen molar-refractivity contribution in [3.8, 4) is 0 Å². The number of piperidine rings is 2. The number of ether oxygens (including phenoxy) is 2. The Labute approximate surface area is 261 Å². The van der Waals surface area contributed by atoms with Crippen LogP contribution in [0.25, 0.3) is 0 Å². The SMILES string of the molecule is C=CC[N+]1([C@H]2CC3C4CC[C@H]5C[C@H](OC(C)=O)[C@@H](N6CCCCC6)C[C@]5(C)C4CC[C@]3(C)[C@H]2OC(=O)CC)CCCCC1. The Morgan fingerprint density at radius 2 is 1.65 bits per heavy atom. The van der Waals surface area contributed by atoms with Crippen molar-refractivity contribution < 1.29 is 23.5 Å². The standard InChI is InChI=1S/C37H61N2O4/c1-6-20-39(21-12-9-13-22-39)32-24-30-28-15-14-27-23-33(42-26(3)40)31(38-18-10-8-11-19-38)25-37(27,5)29(28)16-17-36(30,4)35(32)43-34(41)7-2/h6,27-33,35H,1,7-25H2,2-5H3/q+1/t27-,28?,29?,30?,31-,32-,33-,35-,36-,37-/m0/s1. The molecule has 2 saturated heterocycles. The maximum Gasteiger partial charge on any atom is 0.306 e. The number of rotatable bonds is 7. The van der Waals surface area contributed by atoms with Gasteiger partial charge >= 0.3 is 11.9 Å². The molecule has 2 aliphatic heterocycles. The Kier molecular flexibility index (Phi) is 9.12. The Hall–Kier alpha value is -1.40. The molecule has 6 nitrogen and oxygen atoms in total. The van der Waals surface area contributed by atoms with Crippen molar-refractivity contribution in [2.45, 2.75) is 142 Å². The highest BCUT2D eigenvalue weighted by Gasteiger charge is 2.67. The van der Waals surface area contributed by atoms with E-state index in [1.165, 1.54) is 77.3 Å². The number of carbonyl (C=O) groups excluding carboxylic acids is 2. The molecule has 4 aliphatic carbocycles. The van der Waals surface area contributed by atoms with Crippen LogP contribution >= 0.6 is 0 Å². The first-order valence-corrected chi connectivity index (χ1v) is 18.2. The molecule has 0 N–H and O–H groups in total. The van der Waals surface area contributed by atoms with Gasteiger partial charge in [0, 0.05) is 31.2 Å². The van der Waals surface area contributed by atoms with Crippen LogP contribution in [-0.2, 0) is 19.1 Å². The summed E-state index contributed by atoms with van der Waals surface area (Å²) in [5.41, 5.74) is 0.320. The predicted octanol–water partition coefficient (Wildman–Crippen LogP) is 6.91. The molecule has 0 aromatic carbocycles. The number of hydrogen-bond acceptors (Lipinski definition) is 5. The van der Waals surface area contributed by atoms with Gasteiger partial charge < -0.3 is 14.0 Å². The number of quaternary nitrogens is 1. The highest BCUT2D eigenvalue weighted by Crippen LogP contribution is 2.68. The topological polar surface area (TPSA) is 55.8 Å². The van der Waals surface area contributed by atoms with Gasteiger partial charge in [-0.1, -0.05) is 33.8 Å². The second kappa shape index (κ2) is 12.4. The fourth-order valence-corrected chi connectivity index (χ4v) is 12.2. The van der Waals surface area contributed by atoms with Gasteiger partial charge in [-0.3, -0.25) is 14.5 Å². The summed E-state index contributed by atoms with van der Waals surface area (Å²) < 4.78 is 13.8. The second-order valence-electron chi connectivity index (χ2n) is 16.2. The van der Waals surface area contributed by atoms with Gasteiger partial charge in [-0.25, -0.2) is 0 Å². The average molecular weight is 598 g/mol. The van der Waals surface area contributed by atoms with E-state index in [1.54, 1.807) is 6.92 Å². The summed E-state index contributed by atoms with van der Waals surface area (Å²) in [6, 6.07) is 0.732.